The van der Waals surface area contributed by atoms with Crippen LogP contribution in [0.15, 0.2) is 77.7 Å². The molecule has 10 heteroatoms. The number of hydrogen-bond acceptors (Lipinski definition) is 4. The summed E-state index contributed by atoms with van der Waals surface area (Å²) in [5.41, 5.74) is 1.92. The molecule has 0 saturated heterocycles. The molecule has 0 aliphatic rings. The van der Waals surface area contributed by atoms with E-state index in [0.717, 1.165) is 15.4 Å². The van der Waals surface area contributed by atoms with Crippen molar-refractivity contribution in [2.45, 2.75) is 37.8 Å². The van der Waals surface area contributed by atoms with Crippen LogP contribution in [-0.2, 0) is 26.2 Å². The van der Waals surface area contributed by atoms with Crippen LogP contribution < -0.4 is 9.62 Å². The molecule has 0 aliphatic carbocycles. The number of hydrogen-bond donors (Lipinski definition) is 1. The molecule has 196 valence electrons. The Morgan fingerprint density at radius 3 is 2.27 bits per heavy atom. The molecule has 0 fully saturated rings. The summed E-state index contributed by atoms with van der Waals surface area (Å²) in [6.45, 7) is 3.28. The van der Waals surface area contributed by atoms with E-state index in [-0.39, 0.29) is 28.1 Å². The number of amides is 2. The normalized spacial score (nSPS) is 12.0. The standard InChI is InChI=1S/C27H29Cl2N3O4S/c1-4-24(27(34)30-3)31(17-20-10-8-9-19(2)15-20)26(33)18-32(25-14-13-21(28)16-23(25)29)37(35,36)22-11-6-5-7-12-22/h5-16,24H,4,17-18H2,1-3H3,(H,30,34)/t24-/m0/s1. The van der Waals surface area contributed by atoms with E-state index in [1.807, 2.05) is 31.2 Å². The Morgan fingerprint density at radius 1 is 0.973 bits per heavy atom. The van der Waals surface area contributed by atoms with Gasteiger partial charge >= 0.3 is 0 Å². The van der Waals surface area contributed by atoms with Crippen LogP contribution in [0.4, 0.5) is 5.69 Å². The first-order valence-electron chi connectivity index (χ1n) is 11.7. The second-order valence-electron chi connectivity index (χ2n) is 8.47. The number of halogens is 2. The van der Waals surface area contributed by atoms with Gasteiger partial charge in [0, 0.05) is 18.6 Å². The lowest BCUT2D eigenvalue weighted by Crippen LogP contribution is -2.51. The van der Waals surface area contributed by atoms with Crippen molar-refractivity contribution in [3.05, 3.63) is 94.0 Å². The number of nitrogens with zero attached hydrogens (tertiary/aromatic N) is 2. The van der Waals surface area contributed by atoms with Crippen molar-refractivity contribution in [3.8, 4) is 0 Å². The van der Waals surface area contributed by atoms with Crippen molar-refractivity contribution in [1.82, 2.24) is 10.2 Å². The lowest BCUT2D eigenvalue weighted by molar-refractivity contribution is -0.140. The third-order valence-electron chi connectivity index (χ3n) is 5.86. The summed E-state index contributed by atoms with van der Waals surface area (Å²) in [6.07, 6.45) is 0.338. The smallest absolute Gasteiger partial charge is 0.264 e. The van der Waals surface area contributed by atoms with Gasteiger partial charge in [0.15, 0.2) is 0 Å². The fourth-order valence-electron chi connectivity index (χ4n) is 4.01. The highest BCUT2D eigenvalue weighted by Crippen LogP contribution is 2.33. The van der Waals surface area contributed by atoms with Crippen molar-refractivity contribution in [2.75, 3.05) is 17.9 Å². The lowest BCUT2D eigenvalue weighted by Gasteiger charge is -2.33. The number of rotatable bonds is 10. The van der Waals surface area contributed by atoms with Crippen molar-refractivity contribution in [3.63, 3.8) is 0 Å². The number of aryl methyl sites for hydroxylation is 1. The second-order valence-corrected chi connectivity index (χ2v) is 11.2. The zero-order valence-electron chi connectivity index (χ0n) is 20.8. The van der Waals surface area contributed by atoms with Crippen LogP contribution in [0.5, 0.6) is 0 Å². The van der Waals surface area contributed by atoms with Crippen molar-refractivity contribution in [1.29, 1.82) is 0 Å². The van der Waals surface area contributed by atoms with Crippen molar-refractivity contribution >= 4 is 50.7 Å². The maximum absolute atomic E-state index is 13.9. The molecule has 0 unspecified atom stereocenters. The van der Waals surface area contributed by atoms with E-state index < -0.39 is 28.5 Å². The number of likely N-dealkylation sites (N-methyl/N-ethyl adjacent to an activating group) is 1. The van der Waals surface area contributed by atoms with E-state index in [2.05, 4.69) is 5.32 Å². The molecule has 3 aromatic rings. The molecule has 7 nitrogen and oxygen atoms in total. The van der Waals surface area contributed by atoms with Crippen LogP contribution in [-0.4, -0.2) is 44.8 Å². The van der Waals surface area contributed by atoms with E-state index in [9.17, 15) is 18.0 Å². The number of nitrogens with one attached hydrogen (secondary N) is 1. The molecule has 3 rings (SSSR count). The minimum Gasteiger partial charge on any atom is -0.357 e. The van der Waals surface area contributed by atoms with Crippen molar-refractivity contribution in [2.24, 2.45) is 0 Å². The molecule has 0 aromatic heterocycles. The lowest BCUT2D eigenvalue weighted by atomic mass is 10.1. The minimum absolute atomic E-state index is 0.00241. The fraction of sp³-hybridized carbons (Fsp3) is 0.259. The third kappa shape index (κ3) is 6.83. The maximum Gasteiger partial charge on any atom is 0.264 e. The summed E-state index contributed by atoms with van der Waals surface area (Å²) < 4.78 is 28.5. The van der Waals surface area contributed by atoms with E-state index in [1.165, 1.54) is 42.3 Å². The topological polar surface area (TPSA) is 86.8 Å². The van der Waals surface area contributed by atoms with Gasteiger partial charge in [0.25, 0.3) is 10.0 Å². The average molecular weight is 563 g/mol. The quantitative estimate of drug-likeness (QED) is 0.375. The van der Waals surface area contributed by atoms with Gasteiger partial charge in [-0.2, -0.15) is 0 Å². The molecular weight excluding hydrogens is 533 g/mol. The molecule has 0 radical (unpaired) electrons. The Morgan fingerprint density at radius 2 is 1.68 bits per heavy atom. The Kier molecular flexibility index (Phi) is 9.59. The molecule has 0 bridgehead atoms. The number of carbonyl (C=O) groups is 2. The maximum atomic E-state index is 13.9. The number of carbonyl (C=O) groups excluding carboxylic acids is 2. The number of sulfonamides is 1. The third-order valence-corrected chi connectivity index (χ3v) is 8.17. The second kappa shape index (κ2) is 12.4. The highest BCUT2D eigenvalue weighted by atomic mass is 35.5. The Hall–Kier alpha value is -3.07. The van der Waals surface area contributed by atoms with Gasteiger partial charge in [-0.15, -0.1) is 0 Å². The molecular formula is C27H29Cl2N3O4S. The van der Waals surface area contributed by atoms with Gasteiger partial charge in [0.2, 0.25) is 11.8 Å². The fourth-order valence-corrected chi connectivity index (χ4v) is 6.02. The number of benzene rings is 3. The first-order valence-corrected chi connectivity index (χ1v) is 13.9. The van der Waals surface area contributed by atoms with E-state index >= 15 is 0 Å². The van der Waals surface area contributed by atoms with Crippen LogP contribution in [0.1, 0.15) is 24.5 Å². The van der Waals surface area contributed by atoms with Gasteiger partial charge in [-0.3, -0.25) is 13.9 Å². The van der Waals surface area contributed by atoms with E-state index in [4.69, 9.17) is 23.2 Å². The highest BCUT2D eigenvalue weighted by molar-refractivity contribution is 7.92. The summed E-state index contributed by atoms with van der Waals surface area (Å²) in [4.78, 5) is 28.0. The molecule has 0 heterocycles. The molecule has 2 amide bonds. The number of anilines is 1. The summed E-state index contributed by atoms with van der Waals surface area (Å²) in [7, 11) is -2.70. The monoisotopic (exact) mass is 561 g/mol. The first kappa shape index (κ1) is 28.5. The van der Waals surface area contributed by atoms with Crippen LogP contribution in [0.25, 0.3) is 0 Å². The molecule has 0 aliphatic heterocycles. The van der Waals surface area contributed by atoms with Gasteiger partial charge in [0.1, 0.15) is 12.6 Å². The van der Waals surface area contributed by atoms with Crippen LogP contribution in [0.2, 0.25) is 10.0 Å². The predicted molar refractivity (Wildman–Crippen MR) is 147 cm³/mol. The average Bonchev–Trinajstić information content (AvgIpc) is 2.87. The minimum atomic E-state index is -4.20. The predicted octanol–water partition coefficient (Wildman–Crippen LogP) is 5.05. The Labute approximate surface area is 228 Å². The first-order chi connectivity index (χ1) is 17.6. The Bertz CT molecular complexity index is 1370. The molecule has 1 atom stereocenters. The van der Waals surface area contributed by atoms with Gasteiger partial charge in [-0.1, -0.05) is 78.2 Å². The summed E-state index contributed by atoms with van der Waals surface area (Å²) in [5.74, 6) is -0.895. The Balaban J connectivity index is 2.09. The van der Waals surface area contributed by atoms with Crippen LogP contribution in [0.3, 0.4) is 0 Å². The zero-order chi connectivity index (χ0) is 27.2. The van der Waals surface area contributed by atoms with E-state index in [0.29, 0.717) is 11.4 Å². The van der Waals surface area contributed by atoms with Gasteiger partial charge < -0.3 is 10.2 Å². The largest absolute Gasteiger partial charge is 0.357 e. The van der Waals surface area contributed by atoms with Crippen LogP contribution in [0, 0.1) is 6.92 Å². The zero-order valence-corrected chi connectivity index (χ0v) is 23.1. The molecule has 1 N–H and O–H groups in total. The summed E-state index contributed by atoms with van der Waals surface area (Å²) >= 11 is 12.5. The summed E-state index contributed by atoms with van der Waals surface area (Å²) in [5, 5.41) is 3.00. The summed E-state index contributed by atoms with van der Waals surface area (Å²) in [6, 6.07) is 18.9. The molecule has 0 saturated carbocycles. The highest BCUT2D eigenvalue weighted by Gasteiger charge is 2.34. The van der Waals surface area contributed by atoms with Gasteiger partial charge in [-0.05, 0) is 49.2 Å². The van der Waals surface area contributed by atoms with Crippen molar-refractivity contribution < 1.29 is 18.0 Å². The van der Waals surface area contributed by atoms with E-state index in [1.54, 1.807) is 25.1 Å². The SMILES string of the molecule is CC[C@@H](C(=O)NC)N(Cc1cccc(C)c1)C(=O)CN(c1ccc(Cl)cc1Cl)S(=O)(=O)c1ccccc1. The van der Waals surface area contributed by atoms with Gasteiger partial charge in [-0.25, -0.2) is 8.42 Å². The molecule has 3 aromatic carbocycles. The van der Waals surface area contributed by atoms with Gasteiger partial charge in [0.05, 0.1) is 15.6 Å². The molecule has 37 heavy (non-hydrogen) atoms. The molecule has 0 spiro atoms. The van der Waals surface area contributed by atoms with Crippen LogP contribution >= 0.6 is 23.2 Å².